The van der Waals surface area contributed by atoms with Crippen LogP contribution in [0.25, 0.3) is 6.08 Å². The lowest BCUT2D eigenvalue weighted by molar-refractivity contribution is 0.104. The molecule has 3 aromatic rings. The molecule has 5 nitrogen and oxygen atoms in total. The molecule has 1 heterocycles. The molecule has 0 bridgehead atoms. The Morgan fingerprint density at radius 1 is 1.08 bits per heavy atom. The molecule has 1 aromatic heterocycles. The highest BCUT2D eigenvalue weighted by Gasteiger charge is 2.08. The fourth-order valence-electron chi connectivity index (χ4n) is 2.33. The summed E-state index contributed by atoms with van der Waals surface area (Å²) in [6.07, 6.45) is 3.39. The van der Waals surface area contributed by atoms with E-state index >= 15 is 0 Å². The van der Waals surface area contributed by atoms with E-state index in [9.17, 15) is 19.8 Å². The van der Waals surface area contributed by atoms with Gasteiger partial charge in [0.15, 0.2) is 5.78 Å². The van der Waals surface area contributed by atoms with Crippen LogP contribution in [0.3, 0.4) is 0 Å². The number of thiazole rings is 1. The summed E-state index contributed by atoms with van der Waals surface area (Å²) in [5.41, 5.74) is 1.97. The maximum Gasteiger partial charge on any atom is 0.307 e. The third-order valence-corrected chi connectivity index (χ3v) is 4.53. The molecule has 0 aliphatic heterocycles. The van der Waals surface area contributed by atoms with Crippen LogP contribution in [-0.4, -0.2) is 21.0 Å². The highest BCUT2D eigenvalue weighted by Crippen LogP contribution is 2.21. The molecule has 0 unspecified atom stereocenters. The molecule has 0 aliphatic rings. The van der Waals surface area contributed by atoms with Crippen molar-refractivity contribution in [1.82, 2.24) is 4.98 Å². The number of benzene rings is 2. The molecule has 0 fully saturated rings. The van der Waals surface area contributed by atoms with Gasteiger partial charge < -0.3 is 10.2 Å². The first-order chi connectivity index (χ1) is 12.0. The van der Waals surface area contributed by atoms with Crippen molar-refractivity contribution >= 4 is 23.2 Å². The summed E-state index contributed by atoms with van der Waals surface area (Å²) in [5.74, 6) is -0.170. The highest BCUT2D eigenvalue weighted by atomic mass is 32.1. The average Bonchev–Trinajstić information content (AvgIpc) is 2.92. The maximum atomic E-state index is 12.2. The van der Waals surface area contributed by atoms with Crippen LogP contribution in [0.5, 0.6) is 11.6 Å². The molecular weight excluding hydrogens is 338 g/mol. The predicted molar refractivity (Wildman–Crippen MR) is 97.3 cm³/mol. The van der Waals surface area contributed by atoms with Gasteiger partial charge in [0, 0.05) is 17.5 Å². The average molecular weight is 353 g/mol. The number of phenols is 1. The number of hydrogen-bond donors (Lipinski definition) is 3. The highest BCUT2D eigenvalue weighted by molar-refractivity contribution is 7.09. The van der Waals surface area contributed by atoms with Crippen LogP contribution >= 0.6 is 11.3 Å². The molecule has 126 valence electrons. The first kappa shape index (κ1) is 16.7. The van der Waals surface area contributed by atoms with Gasteiger partial charge in [-0.05, 0) is 23.8 Å². The molecule has 25 heavy (non-hydrogen) atoms. The van der Waals surface area contributed by atoms with Gasteiger partial charge in [-0.2, -0.15) is 0 Å². The van der Waals surface area contributed by atoms with Gasteiger partial charge in [0.05, 0.1) is 4.88 Å². The molecule has 3 N–H and O–H groups in total. The molecule has 0 aliphatic carbocycles. The summed E-state index contributed by atoms with van der Waals surface area (Å²) in [6.45, 7) is 0. The van der Waals surface area contributed by atoms with E-state index < -0.39 is 0 Å². The molecule has 2 aromatic carbocycles. The number of phenolic OH excluding ortho intramolecular Hbond substituents is 1. The van der Waals surface area contributed by atoms with Gasteiger partial charge in [-0.25, -0.2) is 0 Å². The first-order valence-corrected chi connectivity index (χ1v) is 8.35. The zero-order chi connectivity index (χ0) is 17.8. The van der Waals surface area contributed by atoms with Crippen molar-refractivity contribution in [3.05, 3.63) is 85.8 Å². The Balaban J connectivity index is 1.71. The lowest BCUT2D eigenvalue weighted by Crippen LogP contribution is -1.95. The van der Waals surface area contributed by atoms with Crippen molar-refractivity contribution in [2.24, 2.45) is 0 Å². The van der Waals surface area contributed by atoms with Crippen molar-refractivity contribution in [3.8, 4) is 11.6 Å². The lowest BCUT2D eigenvalue weighted by Gasteiger charge is -2.02. The van der Waals surface area contributed by atoms with Gasteiger partial charge in [0.1, 0.15) is 5.75 Å². The van der Waals surface area contributed by atoms with Crippen molar-refractivity contribution in [2.75, 3.05) is 0 Å². The lowest BCUT2D eigenvalue weighted by atomic mass is 10.0. The van der Waals surface area contributed by atoms with Gasteiger partial charge in [-0.15, -0.1) is 0 Å². The van der Waals surface area contributed by atoms with Crippen LogP contribution in [-0.2, 0) is 6.42 Å². The fraction of sp³-hybridized carbons (Fsp3) is 0.0526. The number of hydrogen-bond acceptors (Lipinski definition) is 5. The zero-order valence-corrected chi connectivity index (χ0v) is 13.9. The smallest absolute Gasteiger partial charge is 0.307 e. The Labute approximate surface area is 147 Å². The van der Waals surface area contributed by atoms with Crippen LogP contribution in [0.2, 0.25) is 0 Å². The van der Waals surface area contributed by atoms with E-state index in [-0.39, 0.29) is 22.3 Å². The summed E-state index contributed by atoms with van der Waals surface area (Å²) >= 11 is 0.964. The predicted octanol–water partition coefficient (Wildman–Crippen LogP) is 3.33. The van der Waals surface area contributed by atoms with Gasteiger partial charge in [-0.3, -0.25) is 14.6 Å². The van der Waals surface area contributed by atoms with Crippen LogP contribution in [0.1, 0.15) is 26.4 Å². The molecule has 0 saturated heterocycles. The summed E-state index contributed by atoms with van der Waals surface area (Å²) in [4.78, 5) is 26.0. The molecule has 0 spiro atoms. The molecule has 6 heteroatoms. The quantitative estimate of drug-likeness (QED) is 0.485. The second-order valence-electron chi connectivity index (χ2n) is 5.42. The third-order valence-electron chi connectivity index (χ3n) is 3.65. The van der Waals surface area contributed by atoms with Gasteiger partial charge in [0.25, 0.3) is 0 Å². The molecule has 3 rings (SSSR count). The summed E-state index contributed by atoms with van der Waals surface area (Å²) < 4.78 is 0. The minimum Gasteiger partial charge on any atom is -0.507 e. The molecule has 0 radical (unpaired) electrons. The number of allylic oxidation sites excluding steroid dienone is 1. The topological polar surface area (TPSA) is 90.4 Å². The van der Waals surface area contributed by atoms with Crippen LogP contribution < -0.4 is 4.87 Å². The van der Waals surface area contributed by atoms with E-state index in [1.807, 2.05) is 0 Å². The number of ketones is 1. The number of aromatic hydroxyl groups is 2. The summed E-state index contributed by atoms with van der Waals surface area (Å²) in [7, 11) is 0. The van der Waals surface area contributed by atoms with E-state index in [1.54, 1.807) is 54.6 Å². The number of H-pyrrole nitrogens is 1. The second kappa shape index (κ2) is 7.19. The van der Waals surface area contributed by atoms with Crippen LogP contribution in [0.15, 0.2) is 59.4 Å². The van der Waals surface area contributed by atoms with Crippen molar-refractivity contribution in [1.29, 1.82) is 0 Å². The van der Waals surface area contributed by atoms with Crippen molar-refractivity contribution in [3.63, 3.8) is 0 Å². The number of nitrogens with one attached hydrogen (secondary N) is 1. The first-order valence-electron chi connectivity index (χ1n) is 7.53. The van der Waals surface area contributed by atoms with E-state index in [0.717, 1.165) is 16.9 Å². The minimum atomic E-state index is -0.298. The number of carbonyl (C=O) groups excluding carboxylic acids is 1. The summed E-state index contributed by atoms with van der Waals surface area (Å²) in [5, 5.41) is 19.3. The zero-order valence-electron chi connectivity index (χ0n) is 13.1. The molecule has 0 amide bonds. The van der Waals surface area contributed by atoms with E-state index in [2.05, 4.69) is 4.98 Å². The Morgan fingerprint density at radius 3 is 2.44 bits per heavy atom. The third kappa shape index (κ3) is 4.05. The van der Waals surface area contributed by atoms with Gasteiger partial charge in [0.2, 0.25) is 5.88 Å². The molecular formula is C19H15NO4S. The molecule has 0 saturated carbocycles. The standard InChI is InChI=1S/C19H15NO4S/c21-15-4-2-1-3-13(15)9-10-16(22)14-7-5-12(6-8-14)11-17-18(23)20-19(24)25-17/h1-10,21,23H,11H2,(H,20,24). The van der Waals surface area contributed by atoms with Crippen molar-refractivity contribution in [2.45, 2.75) is 6.42 Å². The largest absolute Gasteiger partial charge is 0.507 e. The van der Waals surface area contributed by atoms with Gasteiger partial charge >= 0.3 is 4.87 Å². The molecule has 0 atom stereocenters. The van der Waals surface area contributed by atoms with E-state index in [4.69, 9.17) is 0 Å². The Hall–Kier alpha value is -3.12. The van der Waals surface area contributed by atoms with Crippen molar-refractivity contribution < 1.29 is 15.0 Å². The summed E-state index contributed by atoms with van der Waals surface area (Å²) in [6, 6.07) is 13.7. The Bertz CT molecular complexity index is 983. The van der Waals surface area contributed by atoms with E-state index in [0.29, 0.717) is 22.4 Å². The fourth-order valence-corrected chi connectivity index (χ4v) is 3.09. The van der Waals surface area contributed by atoms with Crippen LogP contribution in [0, 0.1) is 0 Å². The number of aromatic amines is 1. The number of carbonyl (C=O) groups is 1. The van der Waals surface area contributed by atoms with Gasteiger partial charge in [-0.1, -0.05) is 53.8 Å². The normalized spacial score (nSPS) is 11.0. The van der Waals surface area contributed by atoms with Crippen LogP contribution in [0.4, 0.5) is 0 Å². The number of rotatable bonds is 5. The number of aromatic nitrogens is 1. The maximum absolute atomic E-state index is 12.2. The number of para-hydroxylation sites is 1. The van der Waals surface area contributed by atoms with E-state index in [1.165, 1.54) is 6.08 Å². The second-order valence-corrected chi connectivity index (χ2v) is 6.48. The monoisotopic (exact) mass is 353 g/mol. The Morgan fingerprint density at radius 2 is 1.80 bits per heavy atom. The Kier molecular flexibility index (Phi) is 4.81. The minimum absolute atomic E-state index is 0.110. The SMILES string of the molecule is O=C(C=Cc1ccccc1O)c1ccc(Cc2sc(=O)[nH]c2O)cc1.